The lowest BCUT2D eigenvalue weighted by molar-refractivity contribution is -0.384. The van der Waals surface area contributed by atoms with E-state index in [-0.39, 0.29) is 16.3 Å². The van der Waals surface area contributed by atoms with Gasteiger partial charge in [0, 0.05) is 57.7 Å². The molecule has 0 amide bonds. The van der Waals surface area contributed by atoms with Gasteiger partial charge in [-0.2, -0.15) is 4.31 Å². The molecule has 0 spiro atoms. The van der Waals surface area contributed by atoms with Gasteiger partial charge in [0.25, 0.3) is 5.69 Å². The minimum absolute atomic E-state index is 0.0630. The SMILES string of the molecule is Cc1nccn1Cc1cccc(CNc2ccc(S(=O)(=O)N3CCN(C)CC3)cc2[N+](=O)[O-])c1. The van der Waals surface area contributed by atoms with Crippen molar-refractivity contribution in [2.75, 3.05) is 38.5 Å². The molecule has 0 saturated carbocycles. The maximum atomic E-state index is 13.0. The maximum absolute atomic E-state index is 13.0. The predicted octanol–water partition coefficient (Wildman–Crippen LogP) is 2.70. The van der Waals surface area contributed by atoms with E-state index in [1.165, 1.54) is 16.4 Å². The molecule has 11 heteroatoms. The molecule has 34 heavy (non-hydrogen) atoms. The van der Waals surface area contributed by atoms with Crippen molar-refractivity contribution in [2.24, 2.45) is 0 Å². The molecule has 1 aliphatic rings. The summed E-state index contributed by atoms with van der Waals surface area (Å²) < 4.78 is 29.4. The Morgan fingerprint density at radius 2 is 1.82 bits per heavy atom. The topological polar surface area (TPSA) is 114 Å². The smallest absolute Gasteiger partial charge is 0.293 e. The molecule has 180 valence electrons. The third-order valence-corrected chi connectivity index (χ3v) is 7.91. The average molecular weight is 485 g/mol. The van der Waals surface area contributed by atoms with E-state index in [4.69, 9.17) is 0 Å². The molecule has 1 aromatic heterocycles. The van der Waals surface area contributed by atoms with Gasteiger partial charge in [-0.1, -0.05) is 24.3 Å². The van der Waals surface area contributed by atoms with E-state index >= 15 is 0 Å². The van der Waals surface area contributed by atoms with Crippen LogP contribution in [0.1, 0.15) is 17.0 Å². The van der Waals surface area contributed by atoms with Crippen molar-refractivity contribution in [3.63, 3.8) is 0 Å². The number of nitrogens with zero attached hydrogens (tertiary/aromatic N) is 5. The molecule has 0 atom stereocenters. The Morgan fingerprint density at radius 3 is 2.50 bits per heavy atom. The lowest BCUT2D eigenvalue weighted by atomic mass is 10.1. The third-order valence-electron chi connectivity index (χ3n) is 6.02. The Balaban J connectivity index is 1.50. The number of hydrogen-bond donors (Lipinski definition) is 1. The average Bonchev–Trinajstić information content (AvgIpc) is 3.22. The van der Waals surface area contributed by atoms with E-state index < -0.39 is 14.9 Å². The highest BCUT2D eigenvalue weighted by Gasteiger charge is 2.29. The molecule has 10 nitrogen and oxygen atoms in total. The summed E-state index contributed by atoms with van der Waals surface area (Å²) in [6.45, 7) is 4.96. The number of imidazole rings is 1. The minimum atomic E-state index is -3.79. The summed E-state index contributed by atoms with van der Waals surface area (Å²) in [7, 11) is -1.86. The Morgan fingerprint density at radius 1 is 1.09 bits per heavy atom. The molecule has 1 saturated heterocycles. The molecular formula is C23H28N6O4S. The van der Waals surface area contributed by atoms with E-state index in [0.29, 0.717) is 39.3 Å². The van der Waals surface area contributed by atoms with Gasteiger partial charge in [-0.25, -0.2) is 13.4 Å². The van der Waals surface area contributed by atoms with Crippen molar-refractivity contribution >= 4 is 21.4 Å². The molecule has 0 radical (unpaired) electrons. The highest BCUT2D eigenvalue weighted by atomic mass is 32.2. The first-order chi connectivity index (χ1) is 16.2. The van der Waals surface area contributed by atoms with Crippen molar-refractivity contribution in [3.8, 4) is 0 Å². The zero-order chi connectivity index (χ0) is 24.3. The number of aryl methyl sites for hydroxylation is 1. The van der Waals surface area contributed by atoms with Crippen molar-refractivity contribution in [1.29, 1.82) is 0 Å². The second-order valence-corrected chi connectivity index (χ2v) is 10.4. The first-order valence-electron chi connectivity index (χ1n) is 11.0. The Kier molecular flexibility index (Phi) is 6.96. The van der Waals surface area contributed by atoms with Gasteiger partial charge in [0.15, 0.2) is 0 Å². The Bertz CT molecular complexity index is 1280. The number of likely N-dealkylation sites (N-methyl/N-ethyl adjacent to an activating group) is 1. The fourth-order valence-electron chi connectivity index (χ4n) is 3.95. The van der Waals surface area contributed by atoms with Crippen LogP contribution in [0.5, 0.6) is 0 Å². The highest BCUT2D eigenvalue weighted by molar-refractivity contribution is 7.89. The molecule has 4 rings (SSSR count). The number of benzene rings is 2. The van der Waals surface area contributed by atoms with Gasteiger partial charge in [-0.15, -0.1) is 0 Å². The normalized spacial score (nSPS) is 15.4. The van der Waals surface area contributed by atoms with E-state index in [9.17, 15) is 18.5 Å². The molecule has 1 N–H and O–H groups in total. The number of anilines is 1. The first kappa shape index (κ1) is 23.9. The second-order valence-electron chi connectivity index (χ2n) is 8.42. The van der Waals surface area contributed by atoms with Gasteiger partial charge in [0.05, 0.1) is 9.82 Å². The van der Waals surface area contributed by atoms with Crippen LogP contribution in [-0.4, -0.2) is 65.3 Å². The van der Waals surface area contributed by atoms with Gasteiger partial charge >= 0.3 is 0 Å². The molecule has 1 aliphatic heterocycles. The maximum Gasteiger partial charge on any atom is 0.293 e. The van der Waals surface area contributed by atoms with Crippen LogP contribution in [0, 0.1) is 17.0 Å². The predicted molar refractivity (Wildman–Crippen MR) is 129 cm³/mol. The van der Waals surface area contributed by atoms with E-state index in [1.807, 2.05) is 53.9 Å². The molecule has 3 aromatic rings. The zero-order valence-electron chi connectivity index (χ0n) is 19.2. The standard InChI is InChI=1S/C23H28N6O4S/c1-18-24-8-9-27(18)17-20-5-3-4-19(14-20)16-25-22-7-6-21(15-23(22)29(30)31)34(32,33)28-12-10-26(2)11-13-28/h3-9,14-15,25H,10-13,16-17H2,1-2H3. The van der Waals surface area contributed by atoms with Crippen molar-refractivity contribution in [2.45, 2.75) is 24.9 Å². The monoisotopic (exact) mass is 484 g/mol. The van der Waals surface area contributed by atoms with Crippen molar-refractivity contribution in [1.82, 2.24) is 18.8 Å². The Hall–Kier alpha value is -3.28. The number of aromatic nitrogens is 2. The van der Waals surface area contributed by atoms with Gasteiger partial charge in [0.2, 0.25) is 10.0 Å². The molecule has 0 bridgehead atoms. The van der Waals surface area contributed by atoms with Crippen LogP contribution >= 0.6 is 0 Å². The number of piperazine rings is 1. The summed E-state index contributed by atoms with van der Waals surface area (Å²) >= 11 is 0. The lowest BCUT2D eigenvalue weighted by Gasteiger charge is -2.31. The van der Waals surface area contributed by atoms with Crippen LogP contribution in [0.25, 0.3) is 0 Å². The molecule has 0 unspecified atom stereocenters. The van der Waals surface area contributed by atoms with Gasteiger partial charge in [-0.05, 0) is 37.2 Å². The molecule has 2 heterocycles. The fourth-order valence-corrected chi connectivity index (χ4v) is 5.40. The van der Waals surface area contributed by atoms with Crippen LogP contribution < -0.4 is 5.32 Å². The van der Waals surface area contributed by atoms with Gasteiger partial charge in [-0.3, -0.25) is 10.1 Å². The summed E-state index contributed by atoms with van der Waals surface area (Å²) in [5, 5.41) is 14.8. The van der Waals surface area contributed by atoms with Gasteiger partial charge in [0.1, 0.15) is 11.5 Å². The van der Waals surface area contributed by atoms with E-state index in [1.54, 1.807) is 6.20 Å². The van der Waals surface area contributed by atoms with E-state index in [0.717, 1.165) is 23.0 Å². The second kappa shape index (κ2) is 9.92. The van der Waals surface area contributed by atoms with Crippen LogP contribution in [0.4, 0.5) is 11.4 Å². The molecule has 2 aromatic carbocycles. The minimum Gasteiger partial charge on any atom is -0.375 e. The van der Waals surface area contributed by atoms with Gasteiger partial charge < -0.3 is 14.8 Å². The van der Waals surface area contributed by atoms with E-state index in [2.05, 4.69) is 10.3 Å². The summed E-state index contributed by atoms with van der Waals surface area (Å²) in [6.07, 6.45) is 3.68. The molecule has 0 aliphatic carbocycles. The van der Waals surface area contributed by atoms with Crippen LogP contribution in [-0.2, 0) is 23.1 Å². The fraction of sp³-hybridized carbons (Fsp3) is 0.348. The third kappa shape index (κ3) is 5.27. The Labute approximate surface area is 199 Å². The summed E-state index contributed by atoms with van der Waals surface area (Å²) in [6, 6.07) is 12.0. The molecular weight excluding hydrogens is 456 g/mol. The van der Waals surface area contributed by atoms with Crippen molar-refractivity contribution in [3.05, 3.63) is 81.9 Å². The highest BCUT2D eigenvalue weighted by Crippen LogP contribution is 2.30. The first-order valence-corrected chi connectivity index (χ1v) is 12.4. The number of rotatable bonds is 8. The molecule has 1 fully saturated rings. The zero-order valence-corrected chi connectivity index (χ0v) is 20.0. The number of hydrogen-bond acceptors (Lipinski definition) is 7. The lowest BCUT2D eigenvalue weighted by Crippen LogP contribution is -2.47. The summed E-state index contributed by atoms with van der Waals surface area (Å²) in [5.41, 5.74) is 2.06. The van der Waals surface area contributed by atoms with Crippen LogP contribution in [0.3, 0.4) is 0 Å². The van der Waals surface area contributed by atoms with Crippen molar-refractivity contribution < 1.29 is 13.3 Å². The van der Waals surface area contributed by atoms with Crippen LogP contribution in [0.2, 0.25) is 0 Å². The van der Waals surface area contributed by atoms with Crippen LogP contribution in [0.15, 0.2) is 59.8 Å². The number of sulfonamides is 1. The summed E-state index contributed by atoms with van der Waals surface area (Å²) in [5.74, 6) is 0.922. The number of nitro benzene ring substituents is 1. The quantitative estimate of drug-likeness (QED) is 0.386. The largest absolute Gasteiger partial charge is 0.375 e. The summed E-state index contributed by atoms with van der Waals surface area (Å²) in [4.78, 5) is 17.4. The number of nitro groups is 1. The number of nitrogens with one attached hydrogen (secondary N) is 1.